The summed E-state index contributed by atoms with van der Waals surface area (Å²) in [6.07, 6.45) is -4.42. The number of nitro groups is 1. The smallest absolute Gasteiger partial charge is 0.286 e. The van der Waals surface area contributed by atoms with Crippen molar-refractivity contribution in [2.75, 3.05) is 13.1 Å². The molecule has 1 amide bonds. The normalized spacial score (nSPS) is 14.1. The molecule has 146 valence electrons. The van der Waals surface area contributed by atoms with E-state index in [1.54, 1.807) is 6.07 Å². The quantitative estimate of drug-likeness (QED) is 0.555. The van der Waals surface area contributed by atoms with Crippen molar-refractivity contribution in [2.45, 2.75) is 11.9 Å². The molecule has 0 aliphatic carbocycles. The summed E-state index contributed by atoms with van der Waals surface area (Å²) in [4.78, 5) is 28.6. The molecule has 1 aliphatic heterocycles. The highest BCUT2D eigenvalue weighted by Crippen LogP contribution is 2.31. The first kappa shape index (κ1) is 19.9. The summed E-state index contributed by atoms with van der Waals surface area (Å²) < 4.78 is 38.5. The van der Waals surface area contributed by atoms with Crippen molar-refractivity contribution in [1.82, 2.24) is 4.90 Å². The van der Waals surface area contributed by atoms with Crippen LogP contribution in [0.25, 0.3) is 0 Å². The molecule has 0 atom stereocenters. The Balaban J connectivity index is 1.71. The van der Waals surface area contributed by atoms with E-state index in [4.69, 9.17) is 0 Å². The minimum atomic E-state index is -4.42. The molecule has 3 rings (SSSR count). The molecule has 6 nitrogen and oxygen atoms in total. The van der Waals surface area contributed by atoms with Crippen molar-refractivity contribution in [3.05, 3.63) is 75.3 Å². The monoisotopic (exact) mass is 409 g/mol. The first-order valence-electron chi connectivity index (χ1n) is 8.15. The second kappa shape index (κ2) is 8.01. The van der Waals surface area contributed by atoms with Crippen LogP contribution in [0.5, 0.6) is 0 Å². The van der Waals surface area contributed by atoms with Gasteiger partial charge in [0.25, 0.3) is 11.6 Å². The lowest BCUT2D eigenvalue weighted by Gasteiger charge is -2.18. The van der Waals surface area contributed by atoms with Crippen LogP contribution in [0.2, 0.25) is 0 Å². The van der Waals surface area contributed by atoms with E-state index in [0.29, 0.717) is 23.8 Å². The van der Waals surface area contributed by atoms with Crippen LogP contribution in [-0.2, 0) is 11.9 Å². The van der Waals surface area contributed by atoms with Crippen LogP contribution in [0.4, 0.5) is 18.9 Å². The fraction of sp³-hybridized carbons (Fsp3) is 0.222. The number of amidine groups is 1. The third-order valence-electron chi connectivity index (χ3n) is 3.97. The van der Waals surface area contributed by atoms with Crippen LogP contribution in [-0.4, -0.2) is 34.0 Å². The maximum atomic E-state index is 12.8. The van der Waals surface area contributed by atoms with E-state index in [0.717, 1.165) is 23.9 Å². The van der Waals surface area contributed by atoms with Gasteiger partial charge in [0.05, 0.1) is 17.0 Å². The Labute approximate surface area is 162 Å². The molecule has 0 N–H and O–H groups in total. The first-order valence-corrected chi connectivity index (χ1v) is 9.14. The standard InChI is InChI=1S/C18H14F3N3O3S/c19-18(20,21)14-5-1-3-12(9-14)11-28-17-22-7-8-23(17)16(25)13-4-2-6-15(10-13)24(26)27/h1-6,9-10H,7-8,11H2. The summed E-state index contributed by atoms with van der Waals surface area (Å²) in [6.45, 7) is 0.679. The molecule has 2 aromatic rings. The molecule has 0 unspecified atom stereocenters. The van der Waals surface area contributed by atoms with Crippen LogP contribution in [0.3, 0.4) is 0 Å². The van der Waals surface area contributed by atoms with Gasteiger partial charge in [-0.25, -0.2) is 0 Å². The number of nitro benzene ring substituents is 1. The molecule has 0 fully saturated rings. The Morgan fingerprint density at radius 2 is 1.96 bits per heavy atom. The van der Waals surface area contributed by atoms with Crippen LogP contribution in [0, 0.1) is 10.1 Å². The fourth-order valence-electron chi connectivity index (χ4n) is 2.63. The minimum Gasteiger partial charge on any atom is -0.286 e. The van der Waals surface area contributed by atoms with Gasteiger partial charge in [-0.1, -0.05) is 36.0 Å². The van der Waals surface area contributed by atoms with Crippen LogP contribution < -0.4 is 0 Å². The van der Waals surface area contributed by atoms with Gasteiger partial charge in [-0.05, 0) is 17.7 Å². The molecule has 0 radical (unpaired) electrons. The van der Waals surface area contributed by atoms with Gasteiger partial charge in [0.1, 0.15) is 0 Å². The first-order chi connectivity index (χ1) is 13.3. The van der Waals surface area contributed by atoms with Crippen molar-refractivity contribution < 1.29 is 22.9 Å². The molecule has 1 heterocycles. The van der Waals surface area contributed by atoms with Crippen molar-refractivity contribution in [2.24, 2.45) is 4.99 Å². The number of benzene rings is 2. The lowest BCUT2D eigenvalue weighted by atomic mass is 10.1. The molecule has 0 spiro atoms. The van der Waals surface area contributed by atoms with Gasteiger partial charge in [-0.2, -0.15) is 13.2 Å². The molecule has 2 aromatic carbocycles. The highest BCUT2D eigenvalue weighted by molar-refractivity contribution is 8.13. The molecule has 10 heteroatoms. The summed E-state index contributed by atoms with van der Waals surface area (Å²) in [7, 11) is 0. The molecule has 0 saturated carbocycles. The number of hydrogen-bond acceptors (Lipinski definition) is 5. The third kappa shape index (κ3) is 4.50. The molecule has 0 aromatic heterocycles. The van der Waals surface area contributed by atoms with Gasteiger partial charge in [0.15, 0.2) is 5.17 Å². The number of carbonyl (C=O) groups excluding carboxylic acids is 1. The zero-order chi connectivity index (χ0) is 20.3. The maximum Gasteiger partial charge on any atom is 0.416 e. The number of carbonyl (C=O) groups is 1. The lowest BCUT2D eigenvalue weighted by Crippen LogP contribution is -2.32. The Bertz CT molecular complexity index is 947. The highest BCUT2D eigenvalue weighted by atomic mass is 32.2. The zero-order valence-corrected chi connectivity index (χ0v) is 15.2. The molecular formula is C18H14F3N3O3S. The van der Waals surface area contributed by atoms with Crippen molar-refractivity contribution in [3.8, 4) is 0 Å². The summed E-state index contributed by atoms with van der Waals surface area (Å²) in [5.74, 6) is -0.224. The lowest BCUT2D eigenvalue weighted by molar-refractivity contribution is -0.384. The number of thioether (sulfide) groups is 1. The van der Waals surface area contributed by atoms with E-state index in [1.165, 1.54) is 35.2 Å². The summed E-state index contributed by atoms with van der Waals surface area (Å²) in [5.41, 5.74) is -0.315. The van der Waals surface area contributed by atoms with Gasteiger partial charge in [0.2, 0.25) is 0 Å². The number of aliphatic imine (C=N–C) groups is 1. The van der Waals surface area contributed by atoms with E-state index < -0.39 is 22.6 Å². The summed E-state index contributed by atoms with van der Waals surface area (Å²) in [6, 6.07) is 10.4. The number of halogens is 3. The van der Waals surface area contributed by atoms with E-state index in [-0.39, 0.29) is 17.0 Å². The summed E-state index contributed by atoms with van der Waals surface area (Å²) >= 11 is 1.15. The molecule has 0 saturated heterocycles. The number of hydrogen-bond donors (Lipinski definition) is 0. The van der Waals surface area contributed by atoms with E-state index in [2.05, 4.69) is 4.99 Å². The average Bonchev–Trinajstić information content (AvgIpc) is 3.14. The van der Waals surface area contributed by atoms with Crippen molar-refractivity contribution >= 4 is 28.5 Å². The predicted octanol–water partition coefficient (Wildman–Crippen LogP) is 4.36. The number of alkyl halides is 3. The molecular weight excluding hydrogens is 395 g/mol. The molecule has 0 bridgehead atoms. The predicted molar refractivity (Wildman–Crippen MR) is 99.2 cm³/mol. The van der Waals surface area contributed by atoms with Crippen LogP contribution >= 0.6 is 11.8 Å². The molecule has 1 aliphatic rings. The minimum absolute atomic E-state index is 0.156. The Morgan fingerprint density at radius 1 is 1.21 bits per heavy atom. The SMILES string of the molecule is O=C(c1cccc([N+](=O)[O-])c1)N1CCN=C1SCc1cccc(C(F)(F)F)c1. The number of nitrogens with zero attached hydrogens (tertiary/aromatic N) is 3. The van der Waals surface area contributed by atoms with Crippen LogP contribution in [0.1, 0.15) is 21.5 Å². The number of non-ortho nitro benzene ring substituents is 1. The van der Waals surface area contributed by atoms with Gasteiger partial charge in [-0.3, -0.25) is 24.8 Å². The maximum absolute atomic E-state index is 12.8. The second-order valence-corrected chi connectivity index (χ2v) is 6.86. The zero-order valence-electron chi connectivity index (χ0n) is 14.3. The van der Waals surface area contributed by atoms with Gasteiger partial charge in [-0.15, -0.1) is 0 Å². The van der Waals surface area contributed by atoms with Gasteiger partial charge >= 0.3 is 6.18 Å². The topological polar surface area (TPSA) is 75.8 Å². The Hall–Kier alpha value is -2.88. The molecule has 28 heavy (non-hydrogen) atoms. The van der Waals surface area contributed by atoms with E-state index in [9.17, 15) is 28.1 Å². The Morgan fingerprint density at radius 3 is 2.68 bits per heavy atom. The Kier molecular flexibility index (Phi) is 5.68. The van der Waals surface area contributed by atoms with Crippen LogP contribution in [0.15, 0.2) is 53.5 Å². The van der Waals surface area contributed by atoms with Gasteiger partial charge < -0.3 is 0 Å². The highest BCUT2D eigenvalue weighted by Gasteiger charge is 2.30. The van der Waals surface area contributed by atoms with Crippen molar-refractivity contribution in [3.63, 3.8) is 0 Å². The average molecular weight is 409 g/mol. The largest absolute Gasteiger partial charge is 0.416 e. The van der Waals surface area contributed by atoms with E-state index in [1.807, 2.05) is 0 Å². The third-order valence-corrected chi connectivity index (χ3v) is 5.06. The number of amides is 1. The van der Waals surface area contributed by atoms with Gasteiger partial charge in [0, 0.05) is 30.0 Å². The number of rotatable bonds is 4. The summed E-state index contributed by atoms with van der Waals surface area (Å²) in [5, 5.41) is 11.3. The fourth-order valence-corrected chi connectivity index (χ4v) is 3.62. The van der Waals surface area contributed by atoms with Crippen molar-refractivity contribution in [1.29, 1.82) is 0 Å². The second-order valence-electron chi connectivity index (χ2n) is 5.92. The van der Waals surface area contributed by atoms with E-state index >= 15 is 0 Å².